The topological polar surface area (TPSA) is 34.0 Å². The van der Waals surface area contributed by atoms with Crippen molar-refractivity contribution in [1.82, 2.24) is 4.57 Å². The Morgan fingerprint density at radius 1 is 1.62 bits per heavy atom. The van der Waals surface area contributed by atoms with Crippen LogP contribution in [-0.2, 0) is 6.54 Å². The Labute approximate surface area is 77.4 Å². The fourth-order valence-corrected chi connectivity index (χ4v) is 1.04. The van der Waals surface area contributed by atoms with Crippen molar-refractivity contribution in [2.75, 3.05) is 11.9 Å². The van der Waals surface area contributed by atoms with E-state index in [-0.39, 0.29) is 5.56 Å². The average molecular weight is 176 g/mol. The Bertz CT molecular complexity index is 373. The Morgan fingerprint density at radius 2 is 2.38 bits per heavy atom. The molecule has 0 bridgehead atoms. The lowest BCUT2D eigenvalue weighted by Crippen LogP contribution is -2.17. The van der Waals surface area contributed by atoms with Gasteiger partial charge in [-0.25, -0.2) is 0 Å². The van der Waals surface area contributed by atoms with E-state index >= 15 is 0 Å². The number of rotatable bonds is 3. The van der Waals surface area contributed by atoms with E-state index in [1.165, 1.54) is 6.07 Å². The number of aryl methyl sites for hydroxylation is 1. The lowest BCUT2D eigenvalue weighted by atomic mass is 10.4. The number of pyridine rings is 1. The third-order valence-corrected chi connectivity index (χ3v) is 1.72. The van der Waals surface area contributed by atoms with Crippen LogP contribution < -0.4 is 10.9 Å². The highest BCUT2D eigenvalue weighted by Crippen LogP contribution is 2.01. The zero-order chi connectivity index (χ0) is 9.68. The number of terminal acetylenes is 1. The second-order valence-electron chi connectivity index (χ2n) is 2.60. The first kappa shape index (κ1) is 9.40. The summed E-state index contributed by atoms with van der Waals surface area (Å²) in [5.74, 6) is 2.47. The van der Waals surface area contributed by atoms with Crippen molar-refractivity contribution in [2.24, 2.45) is 0 Å². The highest BCUT2D eigenvalue weighted by Gasteiger charge is 1.94. The summed E-state index contributed by atoms with van der Waals surface area (Å²) in [6.45, 7) is 3.07. The zero-order valence-corrected chi connectivity index (χ0v) is 7.58. The molecule has 0 fully saturated rings. The third-order valence-electron chi connectivity index (χ3n) is 1.72. The summed E-state index contributed by atoms with van der Waals surface area (Å²) in [6.07, 6.45) is 6.86. The van der Waals surface area contributed by atoms with Crippen LogP contribution in [0.15, 0.2) is 23.1 Å². The molecule has 0 aliphatic heterocycles. The molecular weight excluding hydrogens is 164 g/mol. The second-order valence-corrected chi connectivity index (χ2v) is 2.60. The molecule has 0 aromatic carbocycles. The molecule has 0 aliphatic carbocycles. The first-order valence-corrected chi connectivity index (χ1v) is 4.15. The standard InChI is InChI=1S/C10H12N2O/c1-3-7-11-9-5-6-10(13)12(4-2)8-9/h1,5-6,8,11H,4,7H2,2H3. The van der Waals surface area contributed by atoms with Crippen LogP contribution in [0.3, 0.4) is 0 Å². The zero-order valence-electron chi connectivity index (χ0n) is 7.58. The van der Waals surface area contributed by atoms with E-state index in [0.717, 1.165) is 5.69 Å². The molecule has 1 aromatic heterocycles. The van der Waals surface area contributed by atoms with Gasteiger partial charge in [0.15, 0.2) is 0 Å². The van der Waals surface area contributed by atoms with E-state index in [1.807, 2.05) is 6.92 Å². The van der Waals surface area contributed by atoms with E-state index in [2.05, 4.69) is 11.2 Å². The van der Waals surface area contributed by atoms with Gasteiger partial charge in [-0.1, -0.05) is 5.92 Å². The van der Waals surface area contributed by atoms with Crippen molar-refractivity contribution in [1.29, 1.82) is 0 Å². The van der Waals surface area contributed by atoms with Crippen LogP contribution in [0.4, 0.5) is 5.69 Å². The molecule has 1 heterocycles. The third kappa shape index (κ3) is 2.38. The largest absolute Gasteiger partial charge is 0.373 e. The molecule has 1 aromatic rings. The van der Waals surface area contributed by atoms with Crippen LogP contribution >= 0.6 is 0 Å². The molecule has 0 unspecified atom stereocenters. The maximum absolute atomic E-state index is 11.2. The van der Waals surface area contributed by atoms with Crippen molar-refractivity contribution < 1.29 is 0 Å². The summed E-state index contributed by atoms with van der Waals surface area (Å²) in [7, 11) is 0. The quantitative estimate of drug-likeness (QED) is 0.695. The molecule has 3 nitrogen and oxygen atoms in total. The second kappa shape index (κ2) is 4.36. The maximum Gasteiger partial charge on any atom is 0.250 e. The van der Waals surface area contributed by atoms with Crippen molar-refractivity contribution in [3.05, 3.63) is 28.7 Å². The molecule has 1 rings (SSSR count). The van der Waals surface area contributed by atoms with Gasteiger partial charge in [0.1, 0.15) is 0 Å². The van der Waals surface area contributed by atoms with Crippen LogP contribution in [-0.4, -0.2) is 11.1 Å². The molecule has 0 aliphatic rings. The Hall–Kier alpha value is -1.69. The number of nitrogens with zero attached hydrogens (tertiary/aromatic N) is 1. The van der Waals surface area contributed by atoms with Gasteiger partial charge in [-0.15, -0.1) is 6.42 Å². The van der Waals surface area contributed by atoms with Gasteiger partial charge in [0.05, 0.1) is 12.2 Å². The van der Waals surface area contributed by atoms with Crippen molar-refractivity contribution >= 4 is 5.69 Å². The highest BCUT2D eigenvalue weighted by atomic mass is 16.1. The van der Waals surface area contributed by atoms with Gasteiger partial charge in [-0.05, 0) is 13.0 Å². The number of anilines is 1. The van der Waals surface area contributed by atoms with Crippen molar-refractivity contribution in [3.8, 4) is 12.3 Å². The van der Waals surface area contributed by atoms with Gasteiger partial charge in [0.2, 0.25) is 0 Å². The normalized spacial score (nSPS) is 9.23. The van der Waals surface area contributed by atoms with Crippen LogP contribution in [0.5, 0.6) is 0 Å². The predicted octanol–water partition coefficient (Wildman–Crippen LogP) is 0.913. The number of hydrogen-bond donors (Lipinski definition) is 1. The number of aromatic nitrogens is 1. The molecule has 0 atom stereocenters. The fraction of sp³-hybridized carbons (Fsp3) is 0.300. The smallest absolute Gasteiger partial charge is 0.250 e. The summed E-state index contributed by atoms with van der Waals surface area (Å²) in [4.78, 5) is 11.2. The first-order chi connectivity index (χ1) is 6.27. The van der Waals surface area contributed by atoms with E-state index in [1.54, 1.807) is 16.8 Å². The molecule has 68 valence electrons. The molecule has 0 amide bonds. The molecule has 0 spiro atoms. The lowest BCUT2D eigenvalue weighted by Gasteiger charge is -2.05. The molecule has 0 saturated heterocycles. The van der Waals surface area contributed by atoms with Crippen LogP contribution in [0, 0.1) is 12.3 Å². The van der Waals surface area contributed by atoms with E-state index in [0.29, 0.717) is 13.1 Å². The van der Waals surface area contributed by atoms with Gasteiger partial charge < -0.3 is 9.88 Å². The van der Waals surface area contributed by atoms with Gasteiger partial charge >= 0.3 is 0 Å². The fourth-order valence-electron chi connectivity index (χ4n) is 1.04. The summed E-state index contributed by atoms with van der Waals surface area (Å²) in [5.41, 5.74) is 0.883. The minimum atomic E-state index is 0.00811. The summed E-state index contributed by atoms with van der Waals surface area (Å²) in [6, 6.07) is 3.26. The Kier molecular flexibility index (Phi) is 3.15. The van der Waals surface area contributed by atoms with Gasteiger partial charge in [-0.3, -0.25) is 4.79 Å². The monoisotopic (exact) mass is 176 g/mol. The number of hydrogen-bond acceptors (Lipinski definition) is 2. The van der Waals surface area contributed by atoms with E-state index < -0.39 is 0 Å². The molecule has 0 radical (unpaired) electrons. The number of nitrogens with one attached hydrogen (secondary N) is 1. The molecule has 0 saturated carbocycles. The van der Waals surface area contributed by atoms with E-state index in [4.69, 9.17) is 6.42 Å². The first-order valence-electron chi connectivity index (χ1n) is 4.15. The lowest BCUT2D eigenvalue weighted by molar-refractivity contribution is 0.728. The predicted molar refractivity (Wildman–Crippen MR) is 53.7 cm³/mol. The molecule has 3 heteroatoms. The summed E-state index contributed by atoms with van der Waals surface area (Å²) < 4.78 is 1.62. The summed E-state index contributed by atoms with van der Waals surface area (Å²) >= 11 is 0. The average Bonchev–Trinajstić information content (AvgIpc) is 2.16. The summed E-state index contributed by atoms with van der Waals surface area (Å²) in [5, 5.41) is 3.00. The maximum atomic E-state index is 11.2. The minimum absolute atomic E-state index is 0.00811. The van der Waals surface area contributed by atoms with Gasteiger partial charge in [0.25, 0.3) is 5.56 Å². The van der Waals surface area contributed by atoms with Crippen LogP contribution in [0.1, 0.15) is 6.92 Å². The van der Waals surface area contributed by atoms with Crippen molar-refractivity contribution in [3.63, 3.8) is 0 Å². The minimum Gasteiger partial charge on any atom is -0.373 e. The van der Waals surface area contributed by atoms with Crippen LogP contribution in [0.25, 0.3) is 0 Å². The van der Waals surface area contributed by atoms with Gasteiger partial charge in [0, 0.05) is 18.8 Å². The molecular formula is C10H12N2O. The Morgan fingerprint density at radius 3 is 3.00 bits per heavy atom. The van der Waals surface area contributed by atoms with Gasteiger partial charge in [-0.2, -0.15) is 0 Å². The van der Waals surface area contributed by atoms with Crippen molar-refractivity contribution in [2.45, 2.75) is 13.5 Å². The van der Waals surface area contributed by atoms with E-state index in [9.17, 15) is 4.79 Å². The molecule has 1 N–H and O–H groups in total. The Balaban J connectivity index is 2.88. The SMILES string of the molecule is C#CCNc1ccc(=O)n(CC)c1. The highest BCUT2D eigenvalue weighted by molar-refractivity contribution is 5.41. The molecule has 13 heavy (non-hydrogen) atoms. The van der Waals surface area contributed by atoms with Crippen LogP contribution in [0.2, 0.25) is 0 Å².